The lowest BCUT2D eigenvalue weighted by Gasteiger charge is -2.41. The van der Waals surface area contributed by atoms with E-state index in [1.54, 1.807) is 0 Å². The average Bonchev–Trinajstić information content (AvgIpc) is 2.69. The lowest BCUT2D eigenvalue weighted by Crippen LogP contribution is -2.16. The molecule has 1 N–H and O–H groups in total. The van der Waals surface area contributed by atoms with Gasteiger partial charge >= 0.3 is 5.97 Å². The van der Waals surface area contributed by atoms with Gasteiger partial charge in [-0.25, -0.2) is 10.0 Å². The van der Waals surface area contributed by atoms with Gasteiger partial charge in [0.2, 0.25) is 0 Å². The molecule has 140 valence electrons. The first-order chi connectivity index (χ1) is 13.2. The summed E-state index contributed by atoms with van der Waals surface area (Å²) < 4.78 is 0. The van der Waals surface area contributed by atoms with Crippen LogP contribution in [0, 0.1) is 0 Å². The zero-order valence-corrected chi connectivity index (χ0v) is 16.3. The van der Waals surface area contributed by atoms with E-state index < -0.39 is 16.0 Å². The van der Waals surface area contributed by atoms with Crippen molar-refractivity contribution in [1.29, 1.82) is 0 Å². The van der Waals surface area contributed by atoms with E-state index in [2.05, 4.69) is 72.8 Å². The molecule has 0 aliphatic heterocycles. The highest BCUT2D eigenvalue weighted by molar-refractivity contribution is 8.31. The van der Waals surface area contributed by atoms with Crippen LogP contribution < -0.4 is 0 Å². The Bertz CT molecular complexity index is 731. The quantitative estimate of drug-likeness (QED) is 0.506. The number of hydrogen-bond donors (Lipinski definition) is 1. The first-order valence-corrected chi connectivity index (χ1v) is 11.5. The standard InChI is InChI=1S/C24H26O2S/c25-24(26)16-17-27(18-21-10-4-1-5-11-21,19-22-12-6-2-7-13-22)20-23-14-8-3-9-15-23/h1-15H,16-20H2,(H,25,26). The summed E-state index contributed by atoms with van der Waals surface area (Å²) in [5.74, 6) is 2.88. The Balaban J connectivity index is 1.96. The maximum atomic E-state index is 11.4. The maximum Gasteiger partial charge on any atom is 0.304 e. The predicted molar refractivity (Wildman–Crippen MR) is 115 cm³/mol. The molecule has 0 amide bonds. The summed E-state index contributed by atoms with van der Waals surface area (Å²) in [5.41, 5.74) is 3.89. The Morgan fingerprint density at radius 2 is 0.963 bits per heavy atom. The molecule has 3 rings (SSSR count). The zero-order valence-electron chi connectivity index (χ0n) is 15.5. The van der Waals surface area contributed by atoms with Crippen molar-refractivity contribution in [3.63, 3.8) is 0 Å². The van der Waals surface area contributed by atoms with Gasteiger partial charge in [0.15, 0.2) is 0 Å². The Morgan fingerprint density at radius 1 is 0.630 bits per heavy atom. The number of carboxylic acid groups (broad SMARTS) is 1. The summed E-state index contributed by atoms with van der Waals surface area (Å²) in [5, 5.41) is 9.39. The number of benzene rings is 3. The van der Waals surface area contributed by atoms with Crippen LogP contribution in [0.15, 0.2) is 91.0 Å². The van der Waals surface area contributed by atoms with Gasteiger partial charge in [0.05, 0.1) is 6.42 Å². The van der Waals surface area contributed by atoms with Crippen molar-refractivity contribution in [3.8, 4) is 0 Å². The van der Waals surface area contributed by atoms with Gasteiger partial charge in [0, 0.05) is 17.3 Å². The molecular formula is C24H26O2S. The normalized spacial score (nSPS) is 11.9. The van der Waals surface area contributed by atoms with Crippen molar-refractivity contribution >= 4 is 16.0 Å². The smallest absolute Gasteiger partial charge is 0.304 e. The molecule has 0 fully saturated rings. The molecule has 0 aliphatic carbocycles. The van der Waals surface area contributed by atoms with Crippen molar-refractivity contribution in [2.24, 2.45) is 0 Å². The molecule has 0 atom stereocenters. The van der Waals surface area contributed by atoms with Gasteiger partial charge in [0.25, 0.3) is 0 Å². The van der Waals surface area contributed by atoms with Crippen LogP contribution in [0.5, 0.6) is 0 Å². The third-order valence-corrected chi connectivity index (χ3v) is 8.60. The highest BCUT2D eigenvalue weighted by Gasteiger charge is 2.26. The third-order valence-electron chi connectivity index (χ3n) is 4.70. The molecule has 3 aromatic rings. The van der Waals surface area contributed by atoms with Gasteiger partial charge < -0.3 is 5.11 Å². The SMILES string of the molecule is O=C(O)CCS(Cc1ccccc1)(Cc1ccccc1)Cc1ccccc1. The Hall–Kier alpha value is -2.52. The fourth-order valence-corrected chi connectivity index (χ4v) is 7.50. The van der Waals surface area contributed by atoms with Crippen molar-refractivity contribution in [1.82, 2.24) is 0 Å². The van der Waals surface area contributed by atoms with E-state index in [1.165, 1.54) is 16.7 Å². The molecule has 0 aliphatic rings. The maximum absolute atomic E-state index is 11.4. The van der Waals surface area contributed by atoms with E-state index in [0.717, 1.165) is 23.0 Å². The second-order valence-corrected chi connectivity index (χ2v) is 10.7. The van der Waals surface area contributed by atoms with Crippen LogP contribution in [-0.4, -0.2) is 16.8 Å². The Labute approximate surface area is 163 Å². The van der Waals surface area contributed by atoms with Crippen LogP contribution in [0.4, 0.5) is 0 Å². The molecule has 0 bridgehead atoms. The number of hydrogen-bond acceptors (Lipinski definition) is 1. The van der Waals surface area contributed by atoms with Gasteiger partial charge in [-0.05, 0) is 22.4 Å². The van der Waals surface area contributed by atoms with Crippen molar-refractivity contribution in [2.75, 3.05) is 5.75 Å². The summed E-state index contributed by atoms with van der Waals surface area (Å²) >= 11 is 0. The molecule has 2 nitrogen and oxygen atoms in total. The van der Waals surface area contributed by atoms with Crippen LogP contribution in [0.25, 0.3) is 0 Å². The summed E-state index contributed by atoms with van der Waals surface area (Å²) in [6.45, 7) is 0. The largest absolute Gasteiger partial charge is 0.481 e. The molecule has 0 aromatic heterocycles. The van der Waals surface area contributed by atoms with E-state index in [4.69, 9.17) is 0 Å². The van der Waals surface area contributed by atoms with E-state index in [-0.39, 0.29) is 6.42 Å². The van der Waals surface area contributed by atoms with Crippen molar-refractivity contribution in [2.45, 2.75) is 23.7 Å². The molecule has 0 saturated heterocycles. The van der Waals surface area contributed by atoms with Gasteiger partial charge in [-0.15, -0.1) is 0 Å². The molecule has 0 saturated carbocycles. The molecule has 3 aromatic carbocycles. The van der Waals surface area contributed by atoms with Crippen LogP contribution in [-0.2, 0) is 22.1 Å². The fourth-order valence-electron chi connectivity index (χ4n) is 3.46. The Kier molecular flexibility index (Phi) is 6.72. The number of carboxylic acids is 1. The molecule has 3 heteroatoms. The second kappa shape index (κ2) is 9.43. The molecule has 0 unspecified atom stereocenters. The molecule has 27 heavy (non-hydrogen) atoms. The van der Waals surface area contributed by atoms with E-state index in [9.17, 15) is 9.90 Å². The van der Waals surface area contributed by atoms with Crippen molar-refractivity contribution < 1.29 is 9.90 Å². The van der Waals surface area contributed by atoms with Gasteiger partial charge in [-0.1, -0.05) is 91.0 Å². The van der Waals surface area contributed by atoms with Crippen LogP contribution in [0.3, 0.4) is 0 Å². The minimum atomic E-state index is -1.23. The number of rotatable bonds is 9. The molecule has 0 spiro atoms. The minimum absolute atomic E-state index is 0.224. The monoisotopic (exact) mass is 378 g/mol. The number of carbonyl (C=O) groups is 1. The first-order valence-electron chi connectivity index (χ1n) is 9.23. The summed E-state index contributed by atoms with van der Waals surface area (Å²) in [4.78, 5) is 11.4. The molecule has 0 heterocycles. The highest BCUT2D eigenvalue weighted by atomic mass is 32.3. The minimum Gasteiger partial charge on any atom is -0.481 e. The summed E-state index contributed by atoms with van der Waals surface area (Å²) in [6.07, 6.45) is 0.224. The Morgan fingerprint density at radius 3 is 1.26 bits per heavy atom. The lowest BCUT2D eigenvalue weighted by molar-refractivity contribution is -0.136. The molecule has 0 radical (unpaired) electrons. The van der Waals surface area contributed by atoms with Crippen LogP contribution in [0.2, 0.25) is 0 Å². The topological polar surface area (TPSA) is 37.3 Å². The summed E-state index contributed by atoms with van der Waals surface area (Å²) in [7, 11) is -1.23. The third kappa shape index (κ3) is 6.00. The highest BCUT2D eigenvalue weighted by Crippen LogP contribution is 2.57. The average molecular weight is 379 g/mol. The van der Waals surface area contributed by atoms with E-state index in [1.807, 2.05) is 18.2 Å². The van der Waals surface area contributed by atoms with Gasteiger partial charge in [0.1, 0.15) is 0 Å². The van der Waals surface area contributed by atoms with Gasteiger partial charge in [-0.2, -0.15) is 0 Å². The van der Waals surface area contributed by atoms with E-state index >= 15 is 0 Å². The summed E-state index contributed by atoms with van der Waals surface area (Å²) in [6, 6.07) is 31.5. The van der Waals surface area contributed by atoms with E-state index in [0.29, 0.717) is 0 Å². The fraction of sp³-hybridized carbons (Fsp3) is 0.208. The molecular weight excluding hydrogens is 352 g/mol. The predicted octanol–water partition coefficient (Wildman–Crippen LogP) is 5.87. The first kappa shape index (κ1) is 19.2. The van der Waals surface area contributed by atoms with Gasteiger partial charge in [-0.3, -0.25) is 4.79 Å². The van der Waals surface area contributed by atoms with Crippen LogP contribution >= 0.6 is 10.0 Å². The second-order valence-electron chi connectivity index (χ2n) is 6.96. The number of aliphatic carboxylic acids is 1. The lowest BCUT2D eigenvalue weighted by atomic mass is 10.2. The van der Waals surface area contributed by atoms with Crippen molar-refractivity contribution in [3.05, 3.63) is 108 Å². The zero-order chi connectivity index (χ0) is 19.0. The van der Waals surface area contributed by atoms with Crippen LogP contribution in [0.1, 0.15) is 23.1 Å².